The predicted octanol–water partition coefficient (Wildman–Crippen LogP) is 2.62. The van der Waals surface area contributed by atoms with Crippen molar-refractivity contribution in [3.63, 3.8) is 0 Å². The van der Waals surface area contributed by atoms with E-state index in [1.54, 1.807) is 48.5 Å². The molecular weight excluding hydrogens is 586 g/mol. The molecule has 2 aromatic carbocycles. The van der Waals surface area contributed by atoms with Gasteiger partial charge in [0, 0.05) is 23.3 Å². The lowest BCUT2D eigenvalue weighted by Crippen LogP contribution is -2.44. The van der Waals surface area contributed by atoms with Gasteiger partial charge in [-0.15, -0.1) is 0 Å². The number of aromatic nitrogens is 4. The summed E-state index contributed by atoms with van der Waals surface area (Å²) in [7, 11) is -3.82. The van der Waals surface area contributed by atoms with Crippen LogP contribution in [0.25, 0.3) is 0 Å². The number of halogens is 1. The number of nitrogens with one attached hydrogen (secondary N) is 2. The van der Waals surface area contributed by atoms with Crippen molar-refractivity contribution in [1.29, 1.82) is 5.26 Å². The molecule has 0 aliphatic carbocycles. The van der Waals surface area contributed by atoms with Crippen LogP contribution in [0.2, 0.25) is 5.02 Å². The minimum atomic E-state index is -3.82. The smallest absolute Gasteiger partial charge is 0.332 e. The molecule has 0 fully saturated rings. The molecule has 0 unspecified atom stereocenters. The topological polar surface area (TPSA) is 178 Å². The van der Waals surface area contributed by atoms with Gasteiger partial charge in [-0.25, -0.2) is 23.2 Å². The number of hydrogen-bond donors (Lipinski definition) is 2. The molecule has 13 nitrogen and oxygen atoms in total. The Bertz CT molecular complexity index is 1870. The Balaban J connectivity index is 1.63. The van der Waals surface area contributed by atoms with Crippen LogP contribution in [-0.4, -0.2) is 39.7 Å². The van der Waals surface area contributed by atoms with Crippen molar-refractivity contribution in [2.24, 2.45) is 5.92 Å². The molecule has 2 aromatic heterocycles. The van der Waals surface area contributed by atoms with Crippen molar-refractivity contribution < 1.29 is 17.9 Å². The summed E-state index contributed by atoms with van der Waals surface area (Å²) in [6.07, 6.45) is 3.57. The molecule has 4 aromatic rings. The zero-order valence-electron chi connectivity index (χ0n) is 22.3. The summed E-state index contributed by atoms with van der Waals surface area (Å²) in [4.78, 5) is 46.6. The van der Waals surface area contributed by atoms with Crippen LogP contribution in [0, 0.1) is 17.2 Å². The monoisotopic (exact) mass is 609 g/mol. The Morgan fingerprint density at radius 1 is 1.05 bits per heavy atom. The van der Waals surface area contributed by atoms with E-state index in [0.717, 1.165) is 10.8 Å². The number of carbonyl (C=O) groups is 1. The number of rotatable bonds is 10. The highest BCUT2D eigenvalue weighted by molar-refractivity contribution is 7.89. The lowest BCUT2D eigenvalue weighted by atomic mass is 10.1. The minimum Gasteiger partial charge on any atom is -0.454 e. The maximum atomic E-state index is 13.6. The Morgan fingerprint density at radius 2 is 1.69 bits per heavy atom. The fourth-order valence-corrected chi connectivity index (χ4v) is 4.46. The second kappa shape index (κ2) is 12.7. The zero-order valence-corrected chi connectivity index (χ0v) is 23.9. The molecule has 0 saturated heterocycles. The van der Waals surface area contributed by atoms with E-state index < -0.39 is 33.1 Å². The molecule has 4 rings (SSSR count). The summed E-state index contributed by atoms with van der Waals surface area (Å²) >= 11 is 6.00. The highest BCUT2D eigenvalue weighted by Gasteiger charge is 2.21. The van der Waals surface area contributed by atoms with Crippen LogP contribution < -0.4 is 26.0 Å². The number of nitrogens with zero attached hydrogens (tertiary/aromatic N) is 5. The number of amides is 1. The number of nitriles is 1. The van der Waals surface area contributed by atoms with Gasteiger partial charge in [-0.2, -0.15) is 5.26 Å². The first kappa shape index (κ1) is 30.0. The highest BCUT2D eigenvalue weighted by atomic mass is 35.5. The first-order valence-corrected chi connectivity index (χ1v) is 14.6. The molecule has 0 aliphatic heterocycles. The third-order valence-corrected chi connectivity index (χ3v) is 6.64. The van der Waals surface area contributed by atoms with Gasteiger partial charge in [0.15, 0.2) is 5.75 Å². The van der Waals surface area contributed by atoms with Crippen LogP contribution in [0.15, 0.2) is 76.6 Å². The van der Waals surface area contributed by atoms with Crippen molar-refractivity contribution in [3.05, 3.63) is 104 Å². The summed E-state index contributed by atoms with van der Waals surface area (Å²) in [5.41, 5.74) is -0.152. The van der Waals surface area contributed by atoms with Gasteiger partial charge < -0.3 is 10.1 Å². The Hall–Kier alpha value is -5.00. The average Bonchev–Trinajstić information content (AvgIpc) is 2.94. The predicted molar refractivity (Wildman–Crippen MR) is 154 cm³/mol. The third kappa shape index (κ3) is 7.80. The van der Waals surface area contributed by atoms with Crippen molar-refractivity contribution in [1.82, 2.24) is 23.8 Å². The quantitative estimate of drug-likeness (QED) is 0.271. The maximum absolute atomic E-state index is 13.6. The summed E-state index contributed by atoms with van der Waals surface area (Å²) in [5, 5.41) is 12.4. The Labute approximate surface area is 245 Å². The fraction of sp³-hybridized carbons (Fsp3) is 0.185. The van der Waals surface area contributed by atoms with Gasteiger partial charge >= 0.3 is 5.69 Å². The number of sulfonamides is 1. The third-order valence-electron chi connectivity index (χ3n) is 5.81. The van der Waals surface area contributed by atoms with E-state index in [9.17, 15) is 22.8 Å². The lowest BCUT2D eigenvalue weighted by Gasteiger charge is -2.18. The van der Waals surface area contributed by atoms with E-state index in [-0.39, 0.29) is 24.7 Å². The molecule has 2 heterocycles. The molecular formula is C27H24ClN7O6S. The molecule has 15 heteroatoms. The lowest BCUT2D eigenvalue weighted by molar-refractivity contribution is -0.123. The fourth-order valence-electron chi connectivity index (χ4n) is 3.77. The first-order valence-electron chi connectivity index (χ1n) is 12.3. The summed E-state index contributed by atoms with van der Waals surface area (Å²) in [5.74, 6) is -0.871. The Morgan fingerprint density at radius 3 is 2.29 bits per heavy atom. The van der Waals surface area contributed by atoms with Crippen LogP contribution >= 0.6 is 11.6 Å². The van der Waals surface area contributed by atoms with E-state index >= 15 is 0 Å². The van der Waals surface area contributed by atoms with E-state index in [1.807, 2.05) is 10.8 Å². The van der Waals surface area contributed by atoms with Crippen LogP contribution in [0.3, 0.4) is 0 Å². The average molecular weight is 610 g/mol. The van der Waals surface area contributed by atoms with Gasteiger partial charge in [0.05, 0.1) is 31.1 Å². The van der Waals surface area contributed by atoms with Crippen molar-refractivity contribution in [2.75, 3.05) is 11.6 Å². The number of benzene rings is 2. The SMILES string of the molecule is C[C@@H](Cn1c(=O)cc(Nc2ccc(Oc3cnc(C#N)nc3)cc2)n(Cc2ccc(Cl)cc2)c1=O)C(=O)NS(C)(=O)=O. The van der Waals surface area contributed by atoms with Gasteiger partial charge in [-0.1, -0.05) is 30.7 Å². The first-order chi connectivity index (χ1) is 19.9. The van der Waals surface area contributed by atoms with Gasteiger partial charge in [0.1, 0.15) is 17.6 Å². The number of ether oxygens (including phenoxy) is 1. The minimum absolute atomic E-state index is 0.0140. The van der Waals surface area contributed by atoms with Gasteiger partial charge in [-0.3, -0.25) is 23.4 Å². The number of carbonyl (C=O) groups excluding carboxylic acids is 1. The van der Waals surface area contributed by atoms with Gasteiger partial charge in [0.25, 0.3) is 5.56 Å². The molecule has 216 valence electrons. The van der Waals surface area contributed by atoms with Crippen LogP contribution in [-0.2, 0) is 27.9 Å². The van der Waals surface area contributed by atoms with E-state index in [1.165, 1.54) is 30.0 Å². The highest BCUT2D eigenvalue weighted by Crippen LogP contribution is 2.24. The van der Waals surface area contributed by atoms with Crippen molar-refractivity contribution in [3.8, 4) is 17.6 Å². The molecule has 0 bridgehead atoms. The van der Waals surface area contributed by atoms with Crippen LogP contribution in [0.5, 0.6) is 11.5 Å². The van der Waals surface area contributed by atoms with Crippen molar-refractivity contribution >= 4 is 39.0 Å². The molecule has 1 atom stereocenters. The van der Waals surface area contributed by atoms with E-state index in [0.29, 0.717) is 27.8 Å². The normalized spacial score (nSPS) is 11.8. The largest absolute Gasteiger partial charge is 0.454 e. The molecule has 0 saturated carbocycles. The summed E-state index contributed by atoms with van der Waals surface area (Å²) in [6.45, 7) is 1.13. The molecule has 0 aliphatic rings. The number of hydrogen-bond acceptors (Lipinski definition) is 10. The summed E-state index contributed by atoms with van der Waals surface area (Å²) < 4.78 is 32.7. The number of anilines is 2. The second-order valence-corrected chi connectivity index (χ2v) is 11.4. The van der Waals surface area contributed by atoms with Crippen LogP contribution in [0.1, 0.15) is 18.3 Å². The van der Waals surface area contributed by atoms with Crippen molar-refractivity contribution in [2.45, 2.75) is 20.0 Å². The second-order valence-electron chi connectivity index (χ2n) is 9.22. The molecule has 2 N–H and O–H groups in total. The zero-order chi connectivity index (χ0) is 30.4. The summed E-state index contributed by atoms with van der Waals surface area (Å²) in [6, 6.07) is 16.5. The van der Waals surface area contributed by atoms with E-state index in [2.05, 4.69) is 15.3 Å². The van der Waals surface area contributed by atoms with Gasteiger partial charge in [0.2, 0.25) is 21.8 Å². The van der Waals surface area contributed by atoms with E-state index in [4.69, 9.17) is 21.6 Å². The van der Waals surface area contributed by atoms with Gasteiger partial charge in [-0.05, 0) is 42.0 Å². The molecule has 42 heavy (non-hydrogen) atoms. The molecule has 0 spiro atoms. The molecule has 1 amide bonds. The molecule has 0 radical (unpaired) electrons. The standard InChI is InChI=1S/C27H24ClN7O6S/c1-17(26(37)33-42(2,39)40)15-35-25(36)11-24(34(27(35)38)16-18-3-5-19(28)6-4-18)32-20-7-9-21(10-8-20)41-22-13-30-23(12-29)31-14-22/h3-11,13-14,17,32H,15-16H2,1-2H3,(H,33,37)/t17-/m0/s1. The van der Waals surface area contributed by atoms with Crippen LogP contribution in [0.4, 0.5) is 11.5 Å². The Kier molecular flexibility index (Phi) is 9.04. The maximum Gasteiger partial charge on any atom is 0.332 e.